The maximum Gasteiger partial charge on any atom is 0.229 e. The Morgan fingerprint density at radius 1 is 1.14 bits per heavy atom. The summed E-state index contributed by atoms with van der Waals surface area (Å²) in [4.78, 5) is 22.2. The maximum atomic E-state index is 5.77. The minimum absolute atomic E-state index is 0.233. The number of fused-ring (bicyclic) bond motifs is 1. The first-order valence-corrected chi connectivity index (χ1v) is 9.41. The van der Waals surface area contributed by atoms with Crippen molar-refractivity contribution in [2.75, 3.05) is 11.1 Å². The average molecular weight is 372 g/mol. The zero-order valence-electron chi connectivity index (χ0n) is 15.5. The van der Waals surface area contributed by atoms with E-state index >= 15 is 0 Å². The van der Waals surface area contributed by atoms with Gasteiger partial charge >= 0.3 is 0 Å². The molecule has 0 amide bonds. The van der Waals surface area contributed by atoms with Crippen LogP contribution < -0.4 is 11.1 Å². The molecule has 140 valence electrons. The topological polar surface area (TPSA) is 107 Å². The van der Waals surface area contributed by atoms with Crippen LogP contribution in [0.2, 0.25) is 0 Å². The van der Waals surface area contributed by atoms with Crippen LogP contribution in [-0.2, 0) is 6.42 Å². The van der Waals surface area contributed by atoms with Crippen LogP contribution in [0.3, 0.4) is 0 Å². The Balaban J connectivity index is 1.58. The first-order chi connectivity index (χ1) is 13.7. The van der Waals surface area contributed by atoms with Gasteiger partial charge in [0.1, 0.15) is 11.2 Å². The minimum atomic E-state index is 0.233. The fraction of sp³-hybridized carbons (Fsp3) is 0.250. The van der Waals surface area contributed by atoms with E-state index in [2.05, 4.69) is 43.9 Å². The third-order valence-corrected chi connectivity index (χ3v) is 4.84. The van der Waals surface area contributed by atoms with Gasteiger partial charge in [-0.2, -0.15) is 4.98 Å². The van der Waals surface area contributed by atoms with E-state index in [0.29, 0.717) is 17.7 Å². The molecule has 0 spiro atoms. The number of hydrogen-bond donors (Lipinski definition) is 2. The highest BCUT2D eigenvalue weighted by molar-refractivity contribution is 5.77. The molecular weight excluding hydrogens is 352 g/mol. The lowest BCUT2D eigenvalue weighted by atomic mass is 10.1. The van der Waals surface area contributed by atoms with Crippen molar-refractivity contribution < 1.29 is 0 Å². The van der Waals surface area contributed by atoms with Crippen LogP contribution in [-0.4, -0.2) is 29.5 Å². The maximum absolute atomic E-state index is 5.77. The van der Waals surface area contributed by atoms with Crippen LogP contribution in [0.1, 0.15) is 31.4 Å². The number of anilines is 3. The highest BCUT2D eigenvalue weighted by Crippen LogP contribution is 2.40. The van der Waals surface area contributed by atoms with Gasteiger partial charge in [0.2, 0.25) is 11.9 Å². The van der Waals surface area contributed by atoms with Gasteiger partial charge in [-0.1, -0.05) is 19.1 Å². The van der Waals surface area contributed by atoms with Crippen molar-refractivity contribution >= 4 is 28.7 Å². The van der Waals surface area contributed by atoms with E-state index in [9.17, 15) is 0 Å². The third kappa shape index (κ3) is 3.02. The van der Waals surface area contributed by atoms with Crippen LogP contribution in [0.15, 0.2) is 42.7 Å². The quantitative estimate of drug-likeness (QED) is 0.552. The first-order valence-electron chi connectivity index (χ1n) is 9.41. The lowest BCUT2D eigenvalue weighted by molar-refractivity contribution is 0.763. The third-order valence-electron chi connectivity index (χ3n) is 4.84. The van der Waals surface area contributed by atoms with E-state index in [0.717, 1.165) is 41.9 Å². The monoisotopic (exact) mass is 372 g/mol. The van der Waals surface area contributed by atoms with E-state index in [1.165, 1.54) is 5.56 Å². The van der Waals surface area contributed by atoms with Crippen LogP contribution in [0, 0.1) is 0 Å². The van der Waals surface area contributed by atoms with E-state index in [1.54, 1.807) is 12.4 Å². The molecule has 0 aliphatic heterocycles. The smallest absolute Gasteiger partial charge is 0.229 e. The minimum Gasteiger partial charge on any atom is -0.368 e. The molecule has 0 atom stereocenters. The molecule has 8 nitrogen and oxygen atoms in total. The summed E-state index contributed by atoms with van der Waals surface area (Å²) in [5.41, 5.74) is 10.2. The lowest BCUT2D eigenvalue weighted by Gasteiger charge is -2.08. The van der Waals surface area contributed by atoms with Gasteiger partial charge in [-0.15, -0.1) is 0 Å². The highest BCUT2D eigenvalue weighted by atomic mass is 15.2. The molecule has 0 saturated heterocycles. The number of benzene rings is 1. The SMILES string of the molecule is CCc1cccc(Nc2ncc3nc(-c4ccnc(N)n4)n(C4CC4)c3n2)c1. The molecule has 28 heavy (non-hydrogen) atoms. The first kappa shape index (κ1) is 16.6. The number of nitrogens with zero attached hydrogens (tertiary/aromatic N) is 6. The number of nitrogen functional groups attached to an aromatic ring is 1. The highest BCUT2D eigenvalue weighted by Gasteiger charge is 2.30. The second-order valence-corrected chi connectivity index (χ2v) is 6.92. The van der Waals surface area contributed by atoms with Gasteiger partial charge in [-0.3, -0.25) is 0 Å². The number of aromatic nitrogens is 6. The van der Waals surface area contributed by atoms with Gasteiger partial charge in [0, 0.05) is 17.9 Å². The zero-order chi connectivity index (χ0) is 19.1. The average Bonchev–Trinajstić information content (AvgIpc) is 3.48. The van der Waals surface area contributed by atoms with Crippen LogP contribution in [0.5, 0.6) is 0 Å². The fourth-order valence-corrected chi connectivity index (χ4v) is 3.31. The molecule has 1 saturated carbocycles. The largest absolute Gasteiger partial charge is 0.368 e. The molecule has 8 heteroatoms. The van der Waals surface area contributed by atoms with Crippen molar-refractivity contribution in [3.63, 3.8) is 0 Å². The Hall–Kier alpha value is -3.55. The zero-order valence-corrected chi connectivity index (χ0v) is 15.5. The van der Waals surface area contributed by atoms with Crippen LogP contribution in [0.25, 0.3) is 22.7 Å². The molecule has 0 radical (unpaired) electrons. The normalized spacial score (nSPS) is 13.8. The number of aryl methyl sites for hydroxylation is 1. The predicted octanol–water partition coefficient (Wildman–Crippen LogP) is 3.51. The molecule has 4 aromatic rings. The molecule has 3 heterocycles. The van der Waals surface area contributed by atoms with Crippen molar-refractivity contribution in [3.8, 4) is 11.5 Å². The number of nitrogens with two attached hydrogens (primary N) is 1. The van der Waals surface area contributed by atoms with Gasteiger partial charge in [0.15, 0.2) is 11.5 Å². The number of hydrogen-bond acceptors (Lipinski definition) is 7. The molecule has 1 fully saturated rings. The Morgan fingerprint density at radius 2 is 2.04 bits per heavy atom. The predicted molar refractivity (Wildman–Crippen MR) is 108 cm³/mol. The van der Waals surface area contributed by atoms with E-state index in [1.807, 2.05) is 18.2 Å². The molecule has 1 aromatic carbocycles. The molecule has 5 rings (SSSR count). The summed E-state index contributed by atoms with van der Waals surface area (Å²) in [6, 6.07) is 10.5. The lowest BCUT2D eigenvalue weighted by Crippen LogP contribution is -2.03. The standard InChI is InChI=1S/C20H20N8/c1-2-12-4-3-5-13(10-12)24-20-23-11-16-18(27-20)28(14-6-7-14)17(25-16)15-8-9-22-19(21)26-15/h3-5,8-11,14H,2,6-7H2,1H3,(H2,21,22,26)(H,23,24,27). The second kappa shape index (κ2) is 6.56. The summed E-state index contributed by atoms with van der Waals surface area (Å²) in [6.45, 7) is 2.14. The van der Waals surface area contributed by atoms with Gasteiger partial charge in [0.25, 0.3) is 0 Å². The second-order valence-electron chi connectivity index (χ2n) is 6.92. The van der Waals surface area contributed by atoms with Gasteiger partial charge in [-0.25, -0.2) is 19.9 Å². The summed E-state index contributed by atoms with van der Waals surface area (Å²) in [7, 11) is 0. The van der Waals surface area contributed by atoms with Crippen molar-refractivity contribution in [2.24, 2.45) is 0 Å². The van der Waals surface area contributed by atoms with Gasteiger partial charge in [-0.05, 0) is 43.0 Å². The van der Waals surface area contributed by atoms with Crippen molar-refractivity contribution in [1.82, 2.24) is 29.5 Å². The van der Waals surface area contributed by atoms with Crippen molar-refractivity contribution in [3.05, 3.63) is 48.3 Å². The van der Waals surface area contributed by atoms with Gasteiger partial charge < -0.3 is 15.6 Å². The molecule has 0 unspecified atom stereocenters. The molecule has 3 N–H and O–H groups in total. The number of imidazole rings is 1. The van der Waals surface area contributed by atoms with E-state index in [-0.39, 0.29) is 5.95 Å². The molecule has 1 aliphatic rings. The summed E-state index contributed by atoms with van der Waals surface area (Å²) in [6.07, 6.45) is 6.58. The van der Waals surface area contributed by atoms with E-state index in [4.69, 9.17) is 15.7 Å². The molecule has 3 aromatic heterocycles. The summed E-state index contributed by atoms with van der Waals surface area (Å²) in [5, 5.41) is 3.31. The number of nitrogens with one attached hydrogen (secondary N) is 1. The Kier molecular flexibility index (Phi) is 3.89. The summed E-state index contributed by atoms with van der Waals surface area (Å²) < 4.78 is 2.15. The molecule has 0 bridgehead atoms. The Bertz CT molecular complexity index is 1160. The Labute approximate surface area is 161 Å². The molecular formula is C20H20N8. The van der Waals surface area contributed by atoms with Gasteiger partial charge in [0.05, 0.1) is 6.20 Å². The number of rotatable bonds is 5. The Morgan fingerprint density at radius 3 is 2.82 bits per heavy atom. The van der Waals surface area contributed by atoms with Crippen molar-refractivity contribution in [1.29, 1.82) is 0 Å². The van der Waals surface area contributed by atoms with Crippen LogP contribution in [0.4, 0.5) is 17.6 Å². The summed E-state index contributed by atoms with van der Waals surface area (Å²) in [5.74, 6) is 1.54. The molecule has 1 aliphatic carbocycles. The van der Waals surface area contributed by atoms with Crippen molar-refractivity contribution in [2.45, 2.75) is 32.2 Å². The van der Waals surface area contributed by atoms with Crippen LogP contribution >= 0.6 is 0 Å². The van der Waals surface area contributed by atoms with E-state index < -0.39 is 0 Å². The fourth-order valence-electron chi connectivity index (χ4n) is 3.31. The summed E-state index contributed by atoms with van der Waals surface area (Å²) >= 11 is 0.